The van der Waals surface area contributed by atoms with Crippen LogP contribution in [0, 0.1) is 5.82 Å². The summed E-state index contributed by atoms with van der Waals surface area (Å²) in [6.45, 7) is 3.78. The number of carbonyl (C=O) groups excluding carboxylic acids is 2. The molecular formula is C21H23FN2O6S. The number of ether oxygens (including phenoxy) is 2. The molecule has 0 radical (unpaired) electrons. The van der Waals surface area contributed by atoms with Crippen molar-refractivity contribution in [2.75, 3.05) is 13.2 Å². The van der Waals surface area contributed by atoms with Gasteiger partial charge in [-0.05, 0) is 31.0 Å². The molecule has 0 aliphatic rings. The summed E-state index contributed by atoms with van der Waals surface area (Å²) in [4.78, 5) is 37.5. The molecule has 31 heavy (non-hydrogen) atoms. The Morgan fingerprint density at radius 2 is 1.87 bits per heavy atom. The standard InChI is InChI=1S/C21H23FN2O6S/c1-3-5-10-29-18-17(25)15(12-30-19(18)21(27)28-4-2)20(26)24-23-16(31)11-13-6-8-14(22)9-7-13/h6-9,12H,3-5,10-11H2,1-2H3,(H,23,31)(H,24,26). The van der Waals surface area contributed by atoms with Crippen LogP contribution in [-0.2, 0) is 11.2 Å². The maximum absolute atomic E-state index is 13.0. The van der Waals surface area contributed by atoms with Gasteiger partial charge in [0, 0.05) is 6.42 Å². The number of carbonyl (C=O) groups is 2. The first-order chi connectivity index (χ1) is 14.9. The van der Waals surface area contributed by atoms with Crippen LogP contribution >= 0.6 is 12.2 Å². The lowest BCUT2D eigenvalue weighted by atomic mass is 10.1. The molecule has 0 aliphatic heterocycles. The van der Waals surface area contributed by atoms with Gasteiger partial charge in [-0.15, -0.1) is 0 Å². The van der Waals surface area contributed by atoms with Crippen LogP contribution in [0.15, 0.2) is 39.7 Å². The first-order valence-corrected chi connectivity index (χ1v) is 10.1. The van der Waals surface area contributed by atoms with E-state index in [4.69, 9.17) is 26.1 Å². The van der Waals surface area contributed by atoms with Crippen LogP contribution in [-0.4, -0.2) is 30.1 Å². The Morgan fingerprint density at radius 3 is 2.52 bits per heavy atom. The van der Waals surface area contributed by atoms with Crippen LogP contribution < -0.4 is 21.0 Å². The lowest BCUT2D eigenvalue weighted by Crippen LogP contribution is -2.43. The molecule has 0 aliphatic carbocycles. The maximum atomic E-state index is 13.0. The van der Waals surface area contributed by atoms with E-state index < -0.39 is 23.1 Å². The molecule has 8 nitrogen and oxygen atoms in total. The first-order valence-electron chi connectivity index (χ1n) is 9.66. The van der Waals surface area contributed by atoms with E-state index >= 15 is 0 Å². The number of hydrogen-bond acceptors (Lipinski definition) is 7. The molecule has 0 fully saturated rings. The van der Waals surface area contributed by atoms with Gasteiger partial charge in [0.15, 0.2) is 0 Å². The molecule has 10 heteroatoms. The summed E-state index contributed by atoms with van der Waals surface area (Å²) in [5.74, 6) is -2.85. The molecule has 0 unspecified atom stereocenters. The van der Waals surface area contributed by atoms with Crippen molar-refractivity contribution in [1.82, 2.24) is 10.9 Å². The minimum absolute atomic E-state index is 0.0780. The monoisotopic (exact) mass is 450 g/mol. The Morgan fingerprint density at radius 1 is 1.16 bits per heavy atom. The summed E-state index contributed by atoms with van der Waals surface area (Å²) >= 11 is 5.14. The van der Waals surface area contributed by atoms with Crippen molar-refractivity contribution >= 4 is 29.1 Å². The minimum atomic E-state index is -0.864. The zero-order valence-electron chi connectivity index (χ0n) is 17.2. The molecule has 0 spiro atoms. The third-order valence-corrected chi connectivity index (χ3v) is 4.24. The molecular weight excluding hydrogens is 427 g/mol. The number of esters is 1. The molecule has 2 N–H and O–H groups in total. The maximum Gasteiger partial charge on any atom is 0.378 e. The minimum Gasteiger partial charge on any atom is -0.486 e. The highest BCUT2D eigenvalue weighted by Crippen LogP contribution is 2.17. The van der Waals surface area contributed by atoms with Gasteiger partial charge < -0.3 is 13.9 Å². The van der Waals surface area contributed by atoms with Gasteiger partial charge in [0.1, 0.15) is 17.6 Å². The van der Waals surface area contributed by atoms with Gasteiger partial charge in [-0.25, -0.2) is 9.18 Å². The molecule has 1 aromatic carbocycles. The van der Waals surface area contributed by atoms with Crippen LogP contribution in [0.4, 0.5) is 4.39 Å². The van der Waals surface area contributed by atoms with Crippen LogP contribution in [0.5, 0.6) is 5.75 Å². The molecule has 0 bridgehead atoms. The van der Waals surface area contributed by atoms with Crippen molar-refractivity contribution in [3.63, 3.8) is 0 Å². The van der Waals surface area contributed by atoms with Crippen LogP contribution in [0.25, 0.3) is 0 Å². The average Bonchev–Trinajstić information content (AvgIpc) is 2.75. The van der Waals surface area contributed by atoms with E-state index in [0.717, 1.165) is 18.2 Å². The van der Waals surface area contributed by atoms with Crippen molar-refractivity contribution in [3.8, 4) is 5.75 Å². The van der Waals surface area contributed by atoms with Crippen molar-refractivity contribution in [1.29, 1.82) is 0 Å². The predicted octanol–water partition coefficient (Wildman–Crippen LogP) is 2.94. The number of nitrogens with one attached hydrogen (secondary N) is 2. The van der Waals surface area contributed by atoms with Crippen molar-refractivity contribution in [3.05, 3.63) is 63.5 Å². The molecule has 1 aromatic heterocycles. The largest absolute Gasteiger partial charge is 0.486 e. The zero-order chi connectivity index (χ0) is 22.8. The number of unbranched alkanes of at least 4 members (excludes halogenated alkanes) is 1. The fourth-order valence-electron chi connectivity index (χ4n) is 2.42. The van der Waals surface area contributed by atoms with E-state index in [1.54, 1.807) is 19.1 Å². The van der Waals surface area contributed by atoms with E-state index in [9.17, 15) is 18.8 Å². The van der Waals surface area contributed by atoms with E-state index in [0.29, 0.717) is 6.42 Å². The summed E-state index contributed by atoms with van der Waals surface area (Å²) in [6.07, 6.45) is 2.55. The smallest absolute Gasteiger partial charge is 0.378 e. The quantitative estimate of drug-likeness (QED) is 0.260. The Hall–Kier alpha value is -3.27. The van der Waals surface area contributed by atoms with Gasteiger partial charge in [0.2, 0.25) is 11.2 Å². The Balaban J connectivity index is 2.12. The summed E-state index contributed by atoms with van der Waals surface area (Å²) in [5.41, 5.74) is 4.37. The van der Waals surface area contributed by atoms with E-state index in [-0.39, 0.29) is 41.8 Å². The lowest BCUT2D eigenvalue weighted by Gasteiger charge is -2.12. The molecule has 0 saturated heterocycles. The molecule has 166 valence electrons. The van der Waals surface area contributed by atoms with Crippen molar-refractivity contribution in [2.45, 2.75) is 33.1 Å². The third kappa shape index (κ3) is 6.88. The van der Waals surface area contributed by atoms with Gasteiger partial charge >= 0.3 is 5.97 Å². The topological polar surface area (TPSA) is 107 Å². The lowest BCUT2D eigenvalue weighted by molar-refractivity contribution is 0.0477. The van der Waals surface area contributed by atoms with Gasteiger partial charge in [0.25, 0.3) is 11.7 Å². The molecule has 2 rings (SSSR count). The second-order valence-corrected chi connectivity index (χ2v) is 6.86. The Kier molecular flexibility index (Phi) is 9.13. The highest BCUT2D eigenvalue weighted by Gasteiger charge is 2.25. The average molecular weight is 450 g/mol. The van der Waals surface area contributed by atoms with Crippen LogP contribution in [0.2, 0.25) is 0 Å². The first kappa shape index (κ1) is 24.0. The number of benzene rings is 1. The molecule has 2 aromatic rings. The predicted molar refractivity (Wildman–Crippen MR) is 115 cm³/mol. The SMILES string of the molecule is CCCCOc1c(C(=O)OCC)occ(C(=O)NNC(=S)Cc2ccc(F)cc2)c1=O. The molecule has 0 atom stereocenters. The zero-order valence-corrected chi connectivity index (χ0v) is 18.0. The summed E-state index contributed by atoms with van der Waals surface area (Å²) in [5, 5.41) is 0. The van der Waals surface area contributed by atoms with Gasteiger partial charge in [-0.1, -0.05) is 37.7 Å². The summed E-state index contributed by atoms with van der Waals surface area (Å²) in [7, 11) is 0. The second-order valence-electron chi connectivity index (χ2n) is 6.36. The Bertz CT molecular complexity index is 990. The molecule has 0 saturated carbocycles. The molecule has 1 amide bonds. The fraction of sp³-hybridized carbons (Fsp3) is 0.333. The number of hydrazine groups is 1. The summed E-state index contributed by atoms with van der Waals surface area (Å²) in [6, 6.07) is 5.72. The third-order valence-electron chi connectivity index (χ3n) is 3.99. The van der Waals surface area contributed by atoms with Crippen molar-refractivity contribution in [2.24, 2.45) is 0 Å². The number of amides is 1. The number of halogens is 1. The van der Waals surface area contributed by atoms with Gasteiger partial charge in [-0.2, -0.15) is 0 Å². The van der Waals surface area contributed by atoms with E-state index in [1.165, 1.54) is 12.1 Å². The van der Waals surface area contributed by atoms with Crippen LogP contribution in [0.1, 0.15) is 53.2 Å². The number of hydrogen-bond donors (Lipinski definition) is 2. The highest BCUT2D eigenvalue weighted by atomic mass is 32.1. The summed E-state index contributed by atoms with van der Waals surface area (Å²) < 4.78 is 28.5. The Labute approximate surface area is 183 Å². The molecule has 1 heterocycles. The van der Waals surface area contributed by atoms with Gasteiger partial charge in [0.05, 0.1) is 18.2 Å². The number of rotatable bonds is 9. The van der Waals surface area contributed by atoms with E-state index in [1.807, 2.05) is 6.92 Å². The number of thiocarbonyl (C=S) groups is 1. The normalized spacial score (nSPS) is 10.3. The van der Waals surface area contributed by atoms with Crippen LogP contribution in [0.3, 0.4) is 0 Å². The second kappa shape index (κ2) is 11.8. The van der Waals surface area contributed by atoms with Gasteiger partial charge in [-0.3, -0.25) is 20.4 Å². The highest BCUT2D eigenvalue weighted by molar-refractivity contribution is 7.80. The van der Waals surface area contributed by atoms with E-state index in [2.05, 4.69) is 10.9 Å². The van der Waals surface area contributed by atoms with Crippen molar-refractivity contribution < 1.29 is 27.9 Å². The fourth-order valence-corrected chi connectivity index (χ4v) is 2.64.